The largest absolute Gasteiger partial charge is 0.465 e. The number of rotatable bonds is 4. The van der Waals surface area contributed by atoms with Gasteiger partial charge in [-0.2, -0.15) is 13.5 Å². The fourth-order valence-corrected chi connectivity index (χ4v) is 4.53. The molecule has 0 saturated carbocycles. The van der Waals surface area contributed by atoms with Crippen molar-refractivity contribution in [1.29, 1.82) is 0 Å². The maximum atomic E-state index is 12.4. The topological polar surface area (TPSA) is 99.1 Å². The van der Waals surface area contributed by atoms with E-state index in [0.717, 1.165) is 12.0 Å². The predicted molar refractivity (Wildman–Crippen MR) is 98.5 cm³/mol. The molecule has 1 aromatic carbocycles. The van der Waals surface area contributed by atoms with Crippen LogP contribution in [-0.2, 0) is 10.0 Å². The van der Waals surface area contributed by atoms with Gasteiger partial charge in [0.15, 0.2) is 0 Å². The van der Waals surface area contributed by atoms with Crippen LogP contribution in [0, 0.1) is 18.3 Å². The maximum Gasteiger partial charge on any atom is 0.407 e. The minimum Gasteiger partial charge on any atom is -0.465 e. The maximum absolute atomic E-state index is 12.4. The normalized spacial score (nSPS) is 28.3. The number of hydrogen-bond donors (Lipinski definition) is 2. The zero-order chi connectivity index (χ0) is 19.1. The summed E-state index contributed by atoms with van der Waals surface area (Å²) >= 11 is 0. The lowest BCUT2D eigenvalue weighted by atomic mass is 9.67. The Hall–Kier alpha value is -2.35. The predicted octanol–water partition coefficient (Wildman–Crippen LogP) is 2.59. The van der Waals surface area contributed by atoms with Crippen LogP contribution in [-0.4, -0.2) is 42.8 Å². The van der Waals surface area contributed by atoms with Gasteiger partial charge < -0.3 is 10.0 Å². The number of carboxylic acid groups (broad SMARTS) is 1. The van der Waals surface area contributed by atoms with E-state index >= 15 is 0 Å². The van der Waals surface area contributed by atoms with Crippen molar-refractivity contribution in [2.45, 2.75) is 38.1 Å². The van der Waals surface area contributed by atoms with Gasteiger partial charge in [0.05, 0.1) is 10.9 Å². The van der Waals surface area contributed by atoms with Crippen molar-refractivity contribution in [3.05, 3.63) is 42.0 Å². The number of hydrogen-bond acceptors (Lipinski definition) is 4. The van der Waals surface area contributed by atoms with Gasteiger partial charge in [-0.3, -0.25) is 0 Å². The highest BCUT2D eigenvalue weighted by molar-refractivity contribution is 7.89. The molecule has 1 fully saturated rings. The molecule has 7 nitrogen and oxygen atoms in total. The van der Waals surface area contributed by atoms with Gasteiger partial charge in [0.1, 0.15) is 0 Å². The molecule has 8 heteroatoms. The molecule has 4 rings (SSSR count). The first-order valence-corrected chi connectivity index (χ1v) is 9.91. The minimum absolute atomic E-state index is 0.142. The third kappa shape index (κ3) is 3.46. The van der Waals surface area contributed by atoms with E-state index in [1.54, 1.807) is 19.1 Å². The number of amides is 1. The Morgan fingerprint density at radius 2 is 2.00 bits per heavy atom. The van der Waals surface area contributed by atoms with Gasteiger partial charge in [-0.1, -0.05) is 36.8 Å². The Bertz CT molecular complexity index is 876. The molecule has 3 unspecified atom stereocenters. The zero-order valence-corrected chi connectivity index (χ0v) is 15.8. The van der Waals surface area contributed by atoms with Crippen LogP contribution in [0.1, 0.15) is 25.8 Å². The molecular formula is C18H23N3O4S. The second kappa shape index (κ2) is 6.42. The number of nitrogens with zero attached hydrogens (tertiary/aromatic N) is 2. The number of piperidine rings is 1. The molecule has 0 aromatic heterocycles. The number of nitrogens with one attached hydrogen (secondary N) is 1. The second-order valence-electron chi connectivity index (χ2n) is 7.39. The Balaban J connectivity index is 1.80. The quantitative estimate of drug-likeness (QED) is 0.479. The van der Waals surface area contributed by atoms with Crippen molar-refractivity contribution < 1.29 is 18.3 Å². The Labute approximate surface area is 153 Å². The highest BCUT2D eigenvalue weighted by Gasteiger charge is 2.46. The fourth-order valence-electron chi connectivity index (χ4n) is 3.66. The Morgan fingerprint density at radius 3 is 2.58 bits per heavy atom. The summed E-state index contributed by atoms with van der Waals surface area (Å²) in [6, 6.07) is 6.19. The molecule has 1 aromatic rings. The molecule has 3 aliphatic rings. The van der Waals surface area contributed by atoms with Gasteiger partial charge in [0.25, 0.3) is 10.0 Å². The molecule has 0 radical (unpaired) electrons. The first-order valence-electron chi connectivity index (χ1n) is 8.43. The summed E-state index contributed by atoms with van der Waals surface area (Å²) in [5.74, 6) is -0.157. The molecule has 2 bridgehead atoms. The summed E-state index contributed by atoms with van der Waals surface area (Å²) < 4.78 is 24.8. The van der Waals surface area contributed by atoms with Gasteiger partial charge in [0.2, 0.25) is 0 Å². The van der Waals surface area contributed by atoms with E-state index < -0.39 is 16.1 Å². The zero-order valence-electron chi connectivity index (χ0n) is 15.0. The Kier molecular flexibility index (Phi) is 4.56. The van der Waals surface area contributed by atoms with Crippen LogP contribution in [0.25, 0.3) is 0 Å². The molecule has 1 amide bonds. The Morgan fingerprint density at radius 1 is 1.35 bits per heavy atom. The summed E-state index contributed by atoms with van der Waals surface area (Å²) in [5, 5.41) is 13.5. The first kappa shape index (κ1) is 18.4. The molecule has 2 aliphatic heterocycles. The van der Waals surface area contributed by atoms with Crippen molar-refractivity contribution in [2.75, 3.05) is 6.54 Å². The summed E-state index contributed by atoms with van der Waals surface area (Å²) in [5.41, 5.74) is 1.28. The number of carbonyl (C=O) groups is 1. The van der Waals surface area contributed by atoms with Gasteiger partial charge in [-0.25, -0.2) is 9.63 Å². The third-order valence-corrected chi connectivity index (χ3v) is 6.37. The SMILES string of the molecule is C/C(=N\NS(=O)(=O)c1ccc(C)cc1)C1CC2(C)C=CC1N(C(=O)O)C2. The van der Waals surface area contributed by atoms with Crippen LogP contribution in [0.5, 0.6) is 0 Å². The van der Waals surface area contributed by atoms with Crippen LogP contribution in [0.3, 0.4) is 0 Å². The van der Waals surface area contributed by atoms with E-state index in [0.29, 0.717) is 12.3 Å². The van der Waals surface area contributed by atoms with E-state index in [4.69, 9.17) is 0 Å². The van der Waals surface area contributed by atoms with Crippen molar-refractivity contribution in [3.63, 3.8) is 0 Å². The molecule has 140 valence electrons. The highest BCUT2D eigenvalue weighted by Crippen LogP contribution is 2.43. The first-order chi connectivity index (χ1) is 12.1. The van der Waals surface area contributed by atoms with Crippen LogP contribution >= 0.6 is 0 Å². The van der Waals surface area contributed by atoms with E-state index in [9.17, 15) is 18.3 Å². The fraction of sp³-hybridized carbons (Fsp3) is 0.444. The number of hydrazone groups is 1. The number of fused-ring (bicyclic) bond motifs is 2. The van der Waals surface area contributed by atoms with Gasteiger partial charge in [-0.15, -0.1) is 0 Å². The van der Waals surface area contributed by atoms with Gasteiger partial charge in [-0.05, 0) is 32.4 Å². The average Bonchev–Trinajstić information content (AvgIpc) is 2.59. The highest BCUT2D eigenvalue weighted by atomic mass is 32.2. The van der Waals surface area contributed by atoms with Crippen molar-refractivity contribution >= 4 is 21.8 Å². The van der Waals surface area contributed by atoms with Crippen molar-refractivity contribution in [3.8, 4) is 0 Å². The van der Waals surface area contributed by atoms with E-state index in [1.165, 1.54) is 17.0 Å². The molecule has 2 heterocycles. The van der Waals surface area contributed by atoms with Gasteiger partial charge in [0, 0.05) is 23.6 Å². The number of benzene rings is 1. The lowest BCUT2D eigenvalue weighted by Gasteiger charge is -2.50. The summed E-state index contributed by atoms with van der Waals surface area (Å²) in [6.45, 7) is 6.07. The van der Waals surface area contributed by atoms with Crippen LogP contribution < -0.4 is 4.83 Å². The monoisotopic (exact) mass is 377 g/mol. The second-order valence-corrected chi connectivity index (χ2v) is 9.05. The van der Waals surface area contributed by atoms with Crippen LogP contribution in [0.2, 0.25) is 0 Å². The number of aryl methyl sites for hydroxylation is 1. The summed E-state index contributed by atoms with van der Waals surface area (Å²) in [4.78, 5) is 15.3. The van der Waals surface area contributed by atoms with Crippen LogP contribution in [0.15, 0.2) is 46.4 Å². The molecular weight excluding hydrogens is 354 g/mol. The van der Waals surface area contributed by atoms with Crippen molar-refractivity contribution in [1.82, 2.24) is 9.73 Å². The average molecular weight is 377 g/mol. The molecule has 2 N–H and O–H groups in total. The van der Waals surface area contributed by atoms with E-state index in [-0.39, 0.29) is 22.3 Å². The van der Waals surface area contributed by atoms with Crippen LogP contribution in [0.4, 0.5) is 4.79 Å². The standard InChI is InChI=1S/C18H23N3O4S/c1-12-4-6-14(7-5-12)26(24,25)20-19-13(2)15-10-18(3)9-8-16(15)21(11-18)17(22)23/h4-9,15-16,20H,10-11H2,1-3H3,(H,22,23)/b19-13+. The summed E-state index contributed by atoms with van der Waals surface area (Å²) in [6.07, 6.45) is 3.71. The molecule has 1 aliphatic carbocycles. The van der Waals surface area contributed by atoms with Crippen molar-refractivity contribution in [2.24, 2.45) is 16.4 Å². The van der Waals surface area contributed by atoms with Gasteiger partial charge >= 0.3 is 6.09 Å². The lowest BCUT2D eigenvalue weighted by molar-refractivity contribution is 0.0577. The molecule has 3 atom stereocenters. The van der Waals surface area contributed by atoms with E-state index in [2.05, 4.69) is 16.0 Å². The minimum atomic E-state index is -3.75. The third-order valence-electron chi connectivity index (χ3n) is 5.14. The molecule has 0 spiro atoms. The molecule has 26 heavy (non-hydrogen) atoms. The smallest absolute Gasteiger partial charge is 0.407 e. The summed E-state index contributed by atoms with van der Waals surface area (Å²) in [7, 11) is -3.75. The van der Waals surface area contributed by atoms with E-state index in [1.807, 2.05) is 19.9 Å². The molecule has 1 saturated heterocycles. The lowest BCUT2D eigenvalue weighted by Crippen LogP contribution is -2.57. The number of sulfonamides is 1.